The summed E-state index contributed by atoms with van der Waals surface area (Å²) in [6.07, 6.45) is 8.68. The Labute approximate surface area is 129 Å². The average Bonchev–Trinajstić information content (AvgIpc) is 3.23. The van der Waals surface area contributed by atoms with Gasteiger partial charge in [-0.2, -0.15) is 0 Å². The number of anilines is 1. The van der Waals surface area contributed by atoms with Crippen LogP contribution >= 0.6 is 0 Å². The standard InChI is InChI=1S/C18H29N3/c1-4-18(5-2)8-9-21(13-18)17-10-14(3)19-11-15(17)12-20-16-6-7-16/h10-11,16,20H,4-9,12-13H2,1-3H3. The van der Waals surface area contributed by atoms with Crippen molar-refractivity contribution in [2.45, 2.75) is 65.5 Å². The molecule has 0 atom stereocenters. The van der Waals surface area contributed by atoms with Crippen LogP contribution in [0, 0.1) is 12.3 Å². The third-order valence-electron chi connectivity index (χ3n) is 5.54. The molecule has 1 saturated heterocycles. The molecule has 1 aromatic rings. The van der Waals surface area contributed by atoms with Crippen LogP contribution < -0.4 is 10.2 Å². The van der Waals surface area contributed by atoms with Crippen LogP contribution in [0.2, 0.25) is 0 Å². The maximum atomic E-state index is 4.52. The zero-order valence-corrected chi connectivity index (χ0v) is 13.8. The number of aryl methyl sites for hydroxylation is 1. The van der Waals surface area contributed by atoms with E-state index in [-0.39, 0.29) is 0 Å². The van der Waals surface area contributed by atoms with Crippen molar-refractivity contribution in [3.8, 4) is 0 Å². The molecule has 1 N–H and O–H groups in total. The maximum absolute atomic E-state index is 4.52. The second kappa shape index (κ2) is 5.96. The third kappa shape index (κ3) is 3.23. The first-order valence-corrected chi connectivity index (χ1v) is 8.59. The van der Waals surface area contributed by atoms with Crippen LogP contribution in [0.5, 0.6) is 0 Å². The van der Waals surface area contributed by atoms with E-state index < -0.39 is 0 Å². The highest BCUT2D eigenvalue weighted by Crippen LogP contribution is 2.40. The predicted molar refractivity (Wildman–Crippen MR) is 88.7 cm³/mol. The van der Waals surface area contributed by atoms with Gasteiger partial charge in [-0.1, -0.05) is 13.8 Å². The van der Waals surface area contributed by atoms with Gasteiger partial charge in [-0.15, -0.1) is 0 Å². The Hall–Kier alpha value is -1.09. The molecule has 0 radical (unpaired) electrons. The summed E-state index contributed by atoms with van der Waals surface area (Å²) in [4.78, 5) is 7.12. The Bertz CT molecular complexity index is 489. The lowest BCUT2D eigenvalue weighted by Crippen LogP contribution is -2.28. The fourth-order valence-corrected chi connectivity index (χ4v) is 3.51. The zero-order chi connectivity index (χ0) is 14.9. The van der Waals surface area contributed by atoms with E-state index in [4.69, 9.17) is 0 Å². The van der Waals surface area contributed by atoms with E-state index in [0.717, 1.165) is 18.3 Å². The minimum absolute atomic E-state index is 0.526. The van der Waals surface area contributed by atoms with Gasteiger partial charge in [-0.3, -0.25) is 4.98 Å². The zero-order valence-electron chi connectivity index (χ0n) is 13.8. The first-order valence-electron chi connectivity index (χ1n) is 8.59. The van der Waals surface area contributed by atoms with E-state index in [1.54, 1.807) is 0 Å². The van der Waals surface area contributed by atoms with E-state index >= 15 is 0 Å². The highest BCUT2D eigenvalue weighted by atomic mass is 15.2. The topological polar surface area (TPSA) is 28.2 Å². The summed E-state index contributed by atoms with van der Waals surface area (Å²) in [5.74, 6) is 0. The summed E-state index contributed by atoms with van der Waals surface area (Å²) >= 11 is 0. The van der Waals surface area contributed by atoms with Gasteiger partial charge in [-0.05, 0) is 50.5 Å². The number of nitrogens with one attached hydrogen (secondary N) is 1. The fourth-order valence-electron chi connectivity index (χ4n) is 3.51. The first kappa shape index (κ1) is 14.8. The lowest BCUT2D eigenvalue weighted by molar-refractivity contribution is 0.301. The summed E-state index contributed by atoms with van der Waals surface area (Å²) in [7, 11) is 0. The van der Waals surface area contributed by atoms with E-state index in [1.807, 2.05) is 0 Å². The summed E-state index contributed by atoms with van der Waals surface area (Å²) in [5, 5.41) is 3.64. The quantitative estimate of drug-likeness (QED) is 0.865. The van der Waals surface area contributed by atoms with Crippen molar-refractivity contribution in [3.05, 3.63) is 23.5 Å². The lowest BCUT2D eigenvalue weighted by Gasteiger charge is -2.28. The van der Waals surface area contributed by atoms with Gasteiger partial charge in [0.15, 0.2) is 0 Å². The van der Waals surface area contributed by atoms with E-state index in [9.17, 15) is 0 Å². The maximum Gasteiger partial charge on any atom is 0.0445 e. The summed E-state index contributed by atoms with van der Waals surface area (Å²) in [5.41, 5.74) is 4.44. The summed E-state index contributed by atoms with van der Waals surface area (Å²) in [6.45, 7) is 10.2. The van der Waals surface area contributed by atoms with E-state index in [1.165, 1.54) is 56.4 Å². The van der Waals surface area contributed by atoms with Gasteiger partial charge in [0.25, 0.3) is 0 Å². The molecule has 1 aromatic heterocycles. The largest absolute Gasteiger partial charge is 0.371 e. The Kier molecular flexibility index (Phi) is 4.21. The highest BCUT2D eigenvalue weighted by molar-refractivity contribution is 5.54. The van der Waals surface area contributed by atoms with Crippen molar-refractivity contribution in [2.24, 2.45) is 5.41 Å². The minimum Gasteiger partial charge on any atom is -0.371 e. The van der Waals surface area contributed by atoms with Gasteiger partial charge in [-0.25, -0.2) is 0 Å². The Morgan fingerprint density at radius 3 is 2.71 bits per heavy atom. The van der Waals surface area contributed by atoms with E-state index in [2.05, 4.69) is 48.2 Å². The van der Waals surface area contributed by atoms with Crippen molar-refractivity contribution >= 4 is 5.69 Å². The Morgan fingerprint density at radius 1 is 1.33 bits per heavy atom. The summed E-state index contributed by atoms with van der Waals surface area (Å²) in [6, 6.07) is 3.04. The van der Waals surface area contributed by atoms with Crippen LogP contribution in [0.25, 0.3) is 0 Å². The smallest absolute Gasteiger partial charge is 0.0445 e. The van der Waals surface area contributed by atoms with Crippen LogP contribution in [0.15, 0.2) is 12.3 Å². The highest BCUT2D eigenvalue weighted by Gasteiger charge is 2.35. The number of rotatable bonds is 6. The van der Waals surface area contributed by atoms with Crippen molar-refractivity contribution in [2.75, 3.05) is 18.0 Å². The van der Waals surface area contributed by atoms with Crippen LogP contribution in [0.1, 0.15) is 57.2 Å². The fraction of sp³-hybridized carbons (Fsp3) is 0.722. The molecule has 3 nitrogen and oxygen atoms in total. The molecular formula is C18H29N3. The van der Waals surface area contributed by atoms with Crippen LogP contribution in [-0.2, 0) is 6.54 Å². The molecule has 2 heterocycles. The molecule has 21 heavy (non-hydrogen) atoms. The van der Waals surface area contributed by atoms with E-state index in [0.29, 0.717) is 5.41 Å². The molecule has 2 fully saturated rings. The Morgan fingerprint density at radius 2 is 2.10 bits per heavy atom. The van der Waals surface area contributed by atoms with Crippen LogP contribution in [0.4, 0.5) is 5.69 Å². The SMILES string of the molecule is CCC1(CC)CCN(c2cc(C)ncc2CNC2CC2)C1. The first-order chi connectivity index (χ1) is 10.2. The second-order valence-corrected chi connectivity index (χ2v) is 6.99. The predicted octanol–water partition coefficient (Wildman–Crippen LogP) is 3.66. The minimum atomic E-state index is 0.526. The molecule has 116 valence electrons. The van der Waals surface area contributed by atoms with Crippen molar-refractivity contribution < 1.29 is 0 Å². The molecule has 1 aliphatic heterocycles. The van der Waals surface area contributed by atoms with Crippen LogP contribution in [0.3, 0.4) is 0 Å². The molecule has 3 rings (SSSR count). The summed E-state index contributed by atoms with van der Waals surface area (Å²) < 4.78 is 0. The number of nitrogens with zero attached hydrogens (tertiary/aromatic N) is 2. The molecule has 0 aromatic carbocycles. The van der Waals surface area contributed by atoms with Gasteiger partial charge in [0.05, 0.1) is 0 Å². The lowest BCUT2D eigenvalue weighted by atomic mass is 9.82. The average molecular weight is 287 g/mol. The second-order valence-electron chi connectivity index (χ2n) is 6.99. The van der Waals surface area contributed by atoms with Crippen molar-refractivity contribution in [1.82, 2.24) is 10.3 Å². The molecule has 0 bridgehead atoms. The van der Waals surface area contributed by atoms with Crippen molar-refractivity contribution in [1.29, 1.82) is 0 Å². The van der Waals surface area contributed by atoms with Gasteiger partial charge in [0.1, 0.15) is 0 Å². The van der Waals surface area contributed by atoms with Gasteiger partial charge < -0.3 is 10.2 Å². The number of pyridine rings is 1. The molecule has 0 unspecified atom stereocenters. The molecule has 1 saturated carbocycles. The molecule has 0 spiro atoms. The number of hydrogen-bond acceptors (Lipinski definition) is 3. The number of hydrogen-bond donors (Lipinski definition) is 1. The number of aromatic nitrogens is 1. The van der Waals surface area contributed by atoms with Crippen LogP contribution in [-0.4, -0.2) is 24.1 Å². The van der Waals surface area contributed by atoms with Gasteiger partial charge in [0.2, 0.25) is 0 Å². The molecule has 3 heteroatoms. The van der Waals surface area contributed by atoms with Gasteiger partial charge in [0, 0.05) is 48.8 Å². The normalized spacial score (nSPS) is 21.0. The molecule has 1 aliphatic carbocycles. The monoisotopic (exact) mass is 287 g/mol. The van der Waals surface area contributed by atoms with Crippen molar-refractivity contribution in [3.63, 3.8) is 0 Å². The molecule has 0 amide bonds. The Balaban J connectivity index is 1.78. The van der Waals surface area contributed by atoms with Gasteiger partial charge >= 0.3 is 0 Å². The molecular weight excluding hydrogens is 258 g/mol. The molecule has 2 aliphatic rings. The third-order valence-corrected chi connectivity index (χ3v) is 5.54.